The standard InChI is InChI=1S/C8H17N3O/c9-5-3-1-2-4-6-11-8(12)7-10/h1-2H,3-7,9-10H2,(H,11,12)/b2-1-. The van der Waals surface area contributed by atoms with Gasteiger partial charge in [0.25, 0.3) is 0 Å². The Labute approximate surface area is 73.0 Å². The van der Waals surface area contributed by atoms with Gasteiger partial charge in [-0.1, -0.05) is 12.2 Å². The SMILES string of the molecule is NCC/C=C\CCNC(=O)CN. The summed E-state index contributed by atoms with van der Waals surface area (Å²) in [6, 6.07) is 0. The predicted molar refractivity (Wildman–Crippen MR) is 49.5 cm³/mol. The van der Waals surface area contributed by atoms with Crippen LogP contribution in [0.25, 0.3) is 0 Å². The molecule has 4 heteroatoms. The zero-order chi connectivity index (χ0) is 9.23. The fourth-order valence-electron chi connectivity index (χ4n) is 0.699. The van der Waals surface area contributed by atoms with E-state index in [4.69, 9.17) is 11.5 Å². The Morgan fingerprint density at radius 3 is 2.50 bits per heavy atom. The van der Waals surface area contributed by atoms with Crippen LogP contribution in [0, 0.1) is 0 Å². The summed E-state index contributed by atoms with van der Waals surface area (Å²) >= 11 is 0. The average molecular weight is 171 g/mol. The number of hydrogen-bond acceptors (Lipinski definition) is 3. The lowest BCUT2D eigenvalue weighted by Crippen LogP contribution is -2.30. The van der Waals surface area contributed by atoms with E-state index in [9.17, 15) is 4.79 Å². The van der Waals surface area contributed by atoms with E-state index in [0.29, 0.717) is 13.1 Å². The lowest BCUT2D eigenvalue weighted by atomic mass is 10.3. The maximum Gasteiger partial charge on any atom is 0.233 e. The third-order valence-electron chi connectivity index (χ3n) is 1.32. The Bertz CT molecular complexity index is 145. The van der Waals surface area contributed by atoms with Gasteiger partial charge in [0, 0.05) is 6.54 Å². The summed E-state index contributed by atoms with van der Waals surface area (Å²) in [7, 11) is 0. The van der Waals surface area contributed by atoms with Gasteiger partial charge >= 0.3 is 0 Å². The lowest BCUT2D eigenvalue weighted by Gasteiger charge is -1.98. The first-order valence-electron chi connectivity index (χ1n) is 4.13. The minimum Gasteiger partial charge on any atom is -0.355 e. The van der Waals surface area contributed by atoms with Gasteiger partial charge < -0.3 is 16.8 Å². The molecule has 70 valence electrons. The normalized spacial score (nSPS) is 10.5. The van der Waals surface area contributed by atoms with Gasteiger partial charge in [-0.15, -0.1) is 0 Å². The van der Waals surface area contributed by atoms with Crippen molar-refractivity contribution in [3.8, 4) is 0 Å². The first-order valence-corrected chi connectivity index (χ1v) is 4.13. The van der Waals surface area contributed by atoms with E-state index >= 15 is 0 Å². The van der Waals surface area contributed by atoms with Gasteiger partial charge in [-0.2, -0.15) is 0 Å². The molecule has 0 atom stereocenters. The molecule has 4 nitrogen and oxygen atoms in total. The van der Waals surface area contributed by atoms with Crippen LogP contribution in [0.4, 0.5) is 0 Å². The van der Waals surface area contributed by atoms with Crippen molar-refractivity contribution in [3.63, 3.8) is 0 Å². The van der Waals surface area contributed by atoms with E-state index in [1.807, 2.05) is 12.2 Å². The van der Waals surface area contributed by atoms with Crippen LogP contribution in [0.1, 0.15) is 12.8 Å². The molecule has 0 bridgehead atoms. The highest BCUT2D eigenvalue weighted by atomic mass is 16.1. The minimum absolute atomic E-state index is 0.0620. The molecule has 0 rings (SSSR count). The fraction of sp³-hybridized carbons (Fsp3) is 0.625. The molecule has 0 saturated carbocycles. The summed E-state index contributed by atoms with van der Waals surface area (Å²) in [4.78, 5) is 10.6. The maximum absolute atomic E-state index is 10.6. The maximum atomic E-state index is 10.6. The molecular formula is C8H17N3O. The van der Waals surface area contributed by atoms with Crippen molar-refractivity contribution in [1.82, 2.24) is 5.32 Å². The molecule has 0 radical (unpaired) electrons. The topological polar surface area (TPSA) is 81.1 Å². The number of nitrogens with two attached hydrogens (primary N) is 2. The second kappa shape index (κ2) is 8.23. The van der Waals surface area contributed by atoms with Crippen LogP contribution in [0.2, 0.25) is 0 Å². The minimum atomic E-state index is -0.109. The van der Waals surface area contributed by atoms with Crippen molar-refractivity contribution < 1.29 is 4.79 Å². The molecule has 0 aromatic rings. The quantitative estimate of drug-likeness (QED) is 0.367. The second-order valence-electron chi connectivity index (χ2n) is 2.39. The first-order chi connectivity index (χ1) is 5.81. The third-order valence-corrected chi connectivity index (χ3v) is 1.32. The van der Waals surface area contributed by atoms with Crippen LogP contribution in [0.3, 0.4) is 0 Å². The number of rotatable bonds is 6. The Morgan fingerprint density at radius 1 is 1.25 bits per heavy atom. The predicted octanol–water partition coefficient (Wildman–Crippen LogP) is -0.644. The average Bonchev–Trinajstić information content (AvgIpc) is 2.10. The van der Waals surface area contributed by atoms with E-state index in [1.54, 1.807) is 0 Å². The van der Waals surface area contributed by atoms with Crippen LogP contribution in [-0.2, 0) is 4.79 Å². The molecule has 0 spiro atoms. The van der Waals surface area contributed by atoms with Gasteiger partial charge in [0.05, 0.1) is 6.54 Å². The molecule has 0 unspecified atom stereocenters. The van der Waals surface area contributed by atoms with Crippen molar-refractivity contribution in [2.45, 2.75) is 12.8 Å². The molecule has 1 amide bonds. The second-order valence-corrected chi connectivity index (χ2v) is 2.39. The van der Waals surface area contributed by atoms with Gasteiger partial charge in [0.1, 0.15) is 0 Å². The molecule has 0 aromatic carbocycles. The largest absolute Gasteiger partial charge is 0.355 e. The van der Waals surface area contributed by atoms with E-state index in [-0.39, 0.29) is 12.5 Å². The van der Waals surface area contributed by atoms with Gasteiger partial charge in [0.15, 0.2) is 0 Å². The smallest absolute Gasteiger partial charge is 0.233 e. The Morgan fingerprint density at radius 2 is 1.92 bits per heavy atom. The van der Waals surface area contributed by atoms with Crippen LogP contribution in [-0.4, -0.2) is 25.5 Å². The Hall–Kier alpha value is -0.870. The number of hydrogen-bond donors (Lipinski definition) is 3. The number of amides is 1. The van der Waals surface area contributed by atoms with E-state index < -0.39 is 0 Å². The monoisotopic (exact) mass is 171 g/mol. The zero-order valence-corrected chi connectivity index (χ0v) is 7.25. The summed E-state index contributed by atoms with van der Waals surface area (Å²) < 4.78 is 0. The lowest BCUT2D eigenvalue weighted by molar-refractivity contribution is -0.119. The highest BCUT2D eigenvalue weighted by Gasteiger charge is 1.92. The molecule has 0 aromatic heterocycles. The Balaban J connectivity index is 3.15. The summed E-state index contributed by atoms with van der Waals surface area (Å²) in [5.41, 5.74) is 10.4. The van der Waals surface area contributed by atoms with Gasteiger partial charge in [-0.3, -0.25) is 4.79 Å². The highest BCUT2D eigenvalue weighted by molar-refractivity contribution is 5.77. The molecule has 0 aliphatic carbocycles. The summed E-state index contributed by atoms with van der Waals surface area (Å²) in [5, 5.41) is 2.66. The molecule has 0 heterocycles. The van der Waals surface area contributed by atoms with Crippen molar-refractivity contribution in [2.24, 2.45) is 11.5 Å². The number of carbonyl (C=O) groups is 1. The van der Waals surface area contributed by atoms with Crippen LogP contribution in [0.5, 0.6) is 0 Å². The van der Waals surface area contributed by atoms with Gasteiger partial charge in [0.2, 0.25) is 5.91 Å². The Kier molecular flexibility index (Phi) is 7.63. The van der Waals surface area contributed by atoms with Crippen molar-refractivity contribution in [2.75, 3.05) is 19.6 Å². The molecule has 5 N–H and O–H groups in total. The van der Waals surface area contributed by atoms with Gasteiger partial charge in [-0.05, 0) is 19.4 Å². The van der Waals surface area contributed by atoms with E-state index in [2.05, 4.69) is 5.32 Å². The molecular weight excluding hydrogens is 154 g/mol. The molecule has 12 heavy (non-hydrogen) atoms. The van der Waals surface area contributed by atoms with Crippen LogP contribution in [0.15, 0.2) is 12.2 Å². The third kappa shape index (κ3) is 7.24. The van der Waals surface area contributed by atoms with Crippen molar-refractivity contribution in [3.05, 3.63) is 12.2 Å². The van der Waals surface area contributed by atoms with Crippen molar-refractivity contribution in [1.29, 1.82) is 0 Å². The van der Waals surface area contributed by atoms with Crippen LogP contribution >= 0.6 is 0 Å². The summed E-state index contributed by atoms with van der Waals surface area (Å²) in [5.74, 6) is -0.109. The fourth-order valence-corrected chi connectivity index (χ4v) is 0.699. The van der Waals surface area contributed by atoms with E-state index in [1.165, 1.54) is 0 Å². The number of nitrogens with one attached hydrogen (secondary N) is 1. The highest BCUT2D eigenvalue weighted by Crippen LogP contribution is 1.83. The first kappa shape index (κ1) is 11.1. The van der Waals surface area contributed by atoms with Crippen molar-refractivity contribution >= 4 is 5.91 Å². The molecule has 0 saturated heterocycles. The molecule has 0 aliphatic rings. The van der Waals surface area contributed by atoms with Gasteiger partial charge in [-0.25, -0.2) is 0 Å². The molecule has 0 aliphatic heterocycles. The van der Waals surface area contributed by atoms with Crippen LogP contribution < -0.4 is 16.8 Å². The summed E-state index contributed by atoms with van der Waals surface area (Å²) in [6.45, 7) is 1.38. The zero-order valence-electron chi connectivity index (χ0n) is 7.25. The summed E-state index contributed by atoms with van der Waals surface area (Å²) in [6.07, 6.45) is 5.74. The molecule has 0 fully saturated rings. The number of carbonyl (C=O) groups excluding carboxylic acids is 1. The van der Waals surface area contributed by atoms with E-state index in [0.717, 1.165) is 12.8 Å².